The molecule has 0 bridgehead atoms. The van der Waals surface area contributed by atoms with Crippen LogP contribution >= 0.6 is 0 Å². The Morgan fingerprint density at radius 1 is 1.11 bits per heavy atom. The van der Waals surface area contributed by atoms with E-state index in [9.17, 15) is 0 Å². The van der Waals surface area contributed by atoms with Gasteiger partial charge in [-0.15, -0.1) is 0 Å². The second-order valence-electron chi connectivity index (χ2n) is 8.42. The molecule has 1 N–H and O–H groups in total. The second-order valence-corrected chi connectivity index (χ2v) is 8.42. The summed E-state index contributed by atoms with van der Waals surface area (Å²) in [5, 5.41) is 3.84. The lowest BCUT2D eigenvalue weighted by Gasteiger charge is -2.45. The Kier molecular flexibility index (Phi) is 4.76. The summed E-state index contributed by atoms with van der Waals surface area (Å²) in [6.07, 6.45) is 13.3. The van der Waals surface area contributed by atoms with Crippen LogP contribution in [-0.4, -0.2) is 12.6 Å². The highest BCUT2D eigenvalue weighted by Crippen LogP contribution is 2.45. The van der Waals surface area contributed by atoms with E-state index in [0.717, 1.165) is 6.04 Å². The first kappa shape index (κ1) is 15.1. The van der Waals surface area contributed by atoms with Crippen LogP contribution in [0.3, 0.4) is 0 Å². The fourth-order valence-corrected chi connectivity index (χ4v) is 4.56. The van der Waals surface area contributed by atoms with E-state index in [1.807, 2.05) is 0 Å². The number of hydrogen-bond acceptors (Lipinski definition) is 1. The van der Waals surface area contributed by atoms with Crippen LogP contribution in [-0.2, 0) is 0 Å². The van der Waals surface area contributed by atoms with Gasteiger partial charge in [-0.25, -0.2) is 0 Å². The number of nitrogens with one attached hydrogen (secondary N) is 1. The summed E-state index contributed by atoms with van der Waals surface area (Å²) in [6, 6.07) is 0.725. The predicted molar refractivity (Wildman–Crippen MR) is 84.4 cm³/mol. The first-order chi connectivity index (χ1) is 8.86. The maximum absolute atomic E-state index is 3.84. The summed E-state index contributed by atoms with van der Waals surface area (Å²) >= 11 is 0. The molecule has 0 aromatic rings. The molecule has 0 aromatic heterocycles. The molecule has 1 fully saturated rings. The molecule has 0 saturated heterocycles. The van der Waals surface area contributed by atoms with Crippen molar-refractivity contribution in [1.29, 1.82) is 0 Å². The zero-order valence-electron chi connectivity index (χ0n) is 13.5. The smallest absolute Gasteiger partial charge is 0.00773 e. The fourth-order valence-electron chi connectivity index (χ4n) is 4.56. The molecular formula is C18H33N. The number of rotatable bonds is 4. The first-order valence-electron chi connectivity index (χ1n) is 8.28. The Labute approximate surface area is 120 Å². The Balaban J connectivity index is 1.77. The van der Waals surface area contributed by atoms with Crippen molar-refractivity contribution in [3.05, 3.63) is 11.6 Å². The highest BCUT2D eigenvalue weighted by molar-refractivity contribution is 5.05. The van der Waals surface area contributed by atoms with Gasteiger partial charge in [0.25, 0.3) is 0 Å². The Morgan fingerprint density at radius 2 is 1.79 bits per heavy atom. The lowest BCUT2D eigenvalue weighted by molar-refractivity contribution is 0.0854. The van der Waals surface area contributed by atoms with Crippen molar-refractivity contribution in [3.8, 4) is 0 Å². The van der Waals surface area contributed by atoms with Gasteiger partial charge in [0.15, 0.2) is 0 Å². The molecule has 110 valence electrons. The van der Waals surface area contributed by atoms with Gasteiger partial charge in [-0.1, -0.05) is 39.3 Å². The summed E-state index contributed by atoms with van der Waals surface area (Å²) < 4.78 is 0. The monoisotopic (exact) mass is 263 g/mol. The first-order valence-corrected chi connectivity index (χ1v) is 8.28. The van der Waals surface area contributed by atoms with Gasteiger partial charge < -0.3 is 5.32 Å². The van der Waals surface area contributed by atoms with Crippen molar-refractivity contribution in [2.45, 2.75) is 85.1 Å². The van der Waals surface area contributed by atoms with Gasteiger partial charge in [0.1, 0.15) is 0 Å². The molecule has 1 heteroatoms. The molecule has 2 aliphatic rings. The van der Waals surface area contributed by atoms with E-state index in [1.54, 1.807) is 5.57 Å². The Hall–Kier alpha value is -0.300. The van der Waals surface area contributed by atoms with E-state index in [1.165, 1.54) is 57.9 Å². The van der Waals surface area contributed by atoms with Crippen molar-refractivity contribution in [2.75, 3.05) is 6.54 Å². The third kappa shape index (κ3) is 4.95. The van der Waals surface area contributed by atoms with Gasteiger partial charge in [-0.2, -0.15) is 0 Å². The minimum Gasteiger partial charge on any atom is -0.314 e. The molecule has 2 rings (SSSR count). The molecule has 0 atom stereocenters. The van der Waals surface area contributed by atoms with E-state index >= 15 is 0 Å². The molecule has 0 spiro atoms. The molecule has 2 aliphatic carbocycles. The molecule has 0 heterocycles. The van der Waals surface area contributed by atoms with Gasteiger partial charge in [0.2, 0.25) is 0 Å². The van der Waals surface area contributed by atoms with E-state index in [4.69, 9.17) is 0 Å². The molecule has 0 unspecified atom stereocenters. The average Bonchev–Trinajstić information content (AvgIpc) is 2.26. The topological polar surface area (TPSA) is 12.0 Å². The van der Waals surface area contributed by atoms with Crippen LogP contribution in [0.2, 0.25) is 0 Å². The van der Waals surface area contributed by atoms with E-state index in [-0.39, 0.29) is 0 Å². The minimum atomic E-state index is 0.503. The largest absolute Gasteiger partial charge is 0.314 e. The lowest BCUT2D eigenvalue weighted by Crippen LogP contribution is -2.44. The lowest BCUT2D eigenvalue weighted by atomic mass is 9.63. The molecule has 0 amide bonds. The molecule has 0 aromatic carbocycles. The van der Waals surface area contributed by atoms with Crippen molar-refractivity contribution in [3.63, 3.8) is 0 Å². The summed E-state index contributed by atoms with van der Waals surface area (Å²) in [6.45, 7) is 10.9. The molecule has 1 saturated carbocycles. The molecule has 0 aliphatic heterocycles. The molecular weight excluding hydrogens is 230 g/mol. The molecule has 0 radical (unpaired) electrons. The highest BCUT2D eigenvalue weighted by atomic mass is 14.9. The fraction of sp³-hybridized carbons (Fsp3) is 0.889. The van der Waals surface area contributed by atoms with Crippen LogP contribution in [0.25, 0.3) is 0 Å². The Morgan fingerprint density at radius 3 is 2.37 bits per heavy atom. The highest BCUT2D eigenvalue weighted by Gasteiger charge is 2.37. The number of allylic oxidation sites excluding steroid dienone is 1. The summed E-state index contributed by atoms with van der Waals surface area (Å²) in [4.78, 5) is 0. The van der Waals surface area contributed by atoms with Crippen molar-refractivity contribution in [1.82, 2.24) is 5.32 Å². The van der Waals surface area contributed by atoms with Gasteiger partial charge >= 0.3 is 0 Å². The van der Waals surface area contributed by atoms with Gasteiger partial charge in [0.05, 0.1) is 0 Å². The SMILES string of the molecule is CC1(C)CC(NCCC2=CCCCC2)CC(C)(C)C1. The van der Waals surface area contributed by atoms with Crippen LogP contribution in [0.1, 0.15) is 79.1 Å². The maximum atomic E-state index is 3.84. The standard InChI is InChI=1S/C18H33N/c1-17(2)12-16(13-18(3,4)14-17)19-11-10-15-8-6-5-7-9-15/h8,16,19H,5-7,9-14H2,1-4H3. The summed E-state index contributed by atoms with van der Waals surface area (Å²) in [5.74, 6) is 0. The normalized spacial score (nSPS) is 27.1. The van der Waals surface area contributed by atoms with Crippen LogP contribution < -0.4 is 5.32 Å². The van der Waals surface area contributed by atoms with Crippen LogP contribution in [0.15, 0.2) is 11.6 Å². The van der Waals surface area contributed by atoms with E-state index in [0.29, 0.717) is 10.8 Å². The van der Waals surface area contributed by atoms with Gasteiger partial charge in [-0.05, 0) is 68.7 Å². The van der Waals surface area contributed by atoms with Gasteiger partial charge in [0, 0.05) is 6.04 Å². The molecule has 1 nitrogen and oxygen atoms in total. The summed E-state index contributed by atoms with van der Waals surface area (Å²) in [5.41, 5.74) is 2.71. The zero-order valence-corrected chi connectivity index (χ0v) is 13.5. The van der Waals surface area contributed by atoms with Crippen molar-refractivity contribution < 1.29 is 0 Å². The van der Waals surface area contributed by atoms with Gasteiger partial charge in [-0.3, -0.25) is 0 Å². The molecule has 19 heavy (non-hydrogen) atoms. The average molecular weight is 263 g/mol. The third-order valence-corrected chi connectivity index (χ3v) is 4.82. The van der Waals surface area contributed by atoms with E-state index in [2.05, 4.69) is 39.1 Å². The quantitative estimate of drug-likeness (QED) is 0.698. The van der Waals surface area contributed by atoms with E-state index < -0.39 is 0 Å². The van der Waals surface area contributed by atoms with Crippen LogP contribution in [0, 0.1) is 10.8 Å². The van der Waals surface area contributed by atoms with Crippen LogP contribution in [0.5, 0.6) is 0 Å². The van der Waals surface area contributed by atoms with Crippen molar-refractivity contribution >= 4 is 0 Å². The predicted octanol–water partition coefficient (Wildman–Crippen LogP) is 5.07. The maximum Gasteiger partial charge on any atom is 0.00773 e. The third-order valence-electron chi connectivity index (χ3n) is 4.82. The Bertz CT molecular complexity index is 309. The zero-order chi connectivity index (χ0) is 13.9. The summed E-state index contributed by atoms with van der Waals surface area (Å²) in [7, 11) is 0. The minimum absolute atomic E-state index is 0.503. The van der Waals surface area contributed by atoms with Crippen LogP contribution in [0.4, 0.5) is 0 Å². The number of hydrogen-bond donors (Lipinski definition) is 1. The second kappa shape index (κ2) is 5.99. The van der Waals surface area contributed by atoms with Crippen molar-refractivity contribution in [2.24, 2.45) is 10.8 Å².